The predicted octanol–water partition coefficient (Wildman–Crippen LogP) is -3.44. The van der Waals surface area contributed by atoms with Crippen LogP contribution in [0, 0.1) is 0 Å². The monoisotopic (exact) mass is 182 g/mol. The summed E-state index contributed by atoms with van der Waals surface area (Å²) in [5.41, 5.74) is 0. The van der Waals surface area contributed by atoms with Gasteiger partial charge >= 0.3 is 23.1 Å². The van der Waals surface area contributed by atoms with Crippen LogP contribution in [-0.2, 0) is 10.1 Å². The first kappa shape index (κ1) is 16.5. The molecule has 0 saturated carbocycles. The summed E-state index contributed by atoms with van der Waals surface area (Å²) in [6.45, 7) is 2.70. The molecule has 0 aliphatic rings. The Bertz CT molecular complexity index is 141. The van der Waals surface area contributed by atoms with Gasteiger partial charge in [-0.15, -0.1) is 0 Å². The van der Waals surface area contributed by atoms with Gasteiger partial charge in [0, 0.05) is 5.25 Å². The van der Waals surface area contributed by atoms with Gasteiger partial charge in [0.25, 0.3) is 0 Å². The molecule has 0 atom stereocenters. The van der Waals surface area contributed by atoms with Crippen LogP contribution >= 0.6 is 0 Å². The number of rotatable bonds is 1. The molecule has 0 aromatic carbocycles. The molecule has 3 nitrogen and oxygen atoms in total. The third-order valence-corrected chi connectivity index (χ3v) is 1.73. The van der Waals surface area contributed by atoms with Crippen LogP contribution in [0.15, 0.2) is 0 Å². The second kappa shape index (κ2) is 5.73. The Morgan fingerprint density at radius 3 is 1.44 bits per heavy atom. The average molecular weight is 183 g/mol. The molecule has 6 heteroatoms. The standard InChI is InChI=1S/C3H8O3S.ClH.Mg/c1-3(2)7(4,5)6;;/h3H,1-2H3,(H,4,5,6);1H;/q;;+2/p-2. The van der Waals surface area contributed by atoms with Crippen molar-refractivity contribution in [1.82, 2.24) is 0 Å². The fourth-order valence-electron chi connectivity index (χ4n) is 0. The Balaban J connectivity index is -0.000000180. The Morgan fingerprint density at radius 2 is 1.44 bits per heavy atom. The minimum Gasteiger partial charge on any atom is -1.00 e. The van der Waals surface area contributed by atoms with Crippen molar-refractivity contribution in [2.24, 2.45) is 0 Å². The zero-order chi connectivity index (χ0) is 6.08. The zero-order valence-corrected chi connectivity index (χ0v) is 8.28. The van der Waals surface area contributed by atoms with Crippen LogP contribution in [0.2, 0.25) is 0 Å². The van der Waals surface area contributed by atoms with Crippen LogP contribution in [0.25, 0.3) is 0 Å². The molecule has 0 saturated heterocycles. The molecule has 0 bridgehead atoms. The summed E-state index contributed by atoms with van der Waals surface area (Å²) in [5.74, 6) is 0. The van der Waals surface area contributed by atoms with E-state index in [2.05, 4.69) is 0 Å². The van der Waals surface area contributed by atoms with Gasteiger partial charge in [-0.05, 0) is 13.8 Å². The van der Waals surface area contributed by atoms with Gasteiger partial charge < -0.3 is 17.0 Å². The first-order valence-electron chi connectivity index (χ1n) is 1.89. The molecule has 0 aliphatic carbocycles. The number of hydrogen-bond acceptors (Lipinski definition) is 3. The van der Waals surface area contributed by atoms with Gasteiger partial charge in [0.1, 0.15) is 0 Å². The summed E-state index contributed by atoms with van der Waals surface area (Å²) in [7, 11) is -3.99. The van der Waals surface area contributed by atoms with Gasteiger partial charge in [-0.1, -0.05) is 0 Å². The second-order valence-electron chi connectivity index (χ2n) is 1.54. The van der Waals surface area contributed by atoms with E-state index in [4.69, 9.17) is 0 Å². The van der Waals surface area contributed by atoms with Crippen molar-refractivity contribution in [3.63, 3.8) is 0 Å². The van der Waals surface area contributed by atoms with Crippen molar-refractivity contribution in [3.05, 3.63) is 0 Å². The van der Waals surface area contributed by atoms with Gasteiger partial charge in [-0.3, -0.25) is 0 Å². The quantitative estimate of drug-likeness (QED) is 0.314. The summed E-state index contributed by atoms with van der Waals surface area (Å²) >= 11 is 0. The van der Waals surface area contributed by atoms with Crippen molar-refractivity contribution in [2.75, 3.05) is 0 Å². The maximum Gasteiger partial charge on any atom is 2.00 e. The maximum atomic E-state index is 9.78. The zero-order valence-electron chi connectivity index (χ0n) is 5.30. The summed E-state index contributed by atoms with van der Waals surface area (Å²) in [5, 5.41) is -0.785. The molecule has 0 aliphatic heterocycles. The largest absolute Gasteiger partial charge is 2.00 e. The molecule has 0 N–H and O–H groups in total. The Kier molecular flexibility index (Phi) is 10.5. The van der Waals surface area contributed by atoms with Crippen LogP contribution in [0.3, 0.4) is 0 Å². The first-order valence-corrected chi connectivity index (χ1v) is 3.36. The van der Waals surface area contributed by atoms with Crippen molar-refractivity contribution < 1.29 is 25.4 Å². The van der Waals surface area contributed by atoms with Crippen molar-refractivity contribution >= 4 is 33.2 Å². The van der Waals surface area contributed by atoms with Crippen molar-refractivity contribution in [1.29, 1.82) is 0 Å². The third kappa shape index (κ3) is 8.97. The van der Waals surface area contributed by atoms with Gasteiger partial charge in [0.05, 0.1) is 10.1 Å². The topological polar surface area (TPSA) is 57.2 Å². The summed E-state index contributed by atoms with van der Waals surface area (Å²) in [4.78, 5) is 0. The Labute approximate surface area is 77.5 Å². The van der Waals surface area contributed by atoms with E-state index in [0.717, 1.165) is 0 Å². The maximum absolute atomic E-state index is 9.78. The van der Waals surface area contributed by atoms with E-state index in [1.54, 1.807) is 0 Å². The molecule has 0 spiro atoms. The molecule has 0 heterocycles. The van der Waals surface area contributed by atoms with E-state index >= 15 is 0 Å². The van der Waals surface area contributed by atoms with Crippen molar-refractivity contribution in [3.8, 4) is 0 Å². The molecule has 0 radical (unpaired) electrons. The number of hydrogen-bond donors (Lipinski definition) is 0. The SMILES string of the molecule is CC(C)S(=O)(=O)[O-].[Cl-].[Mg+2]. The molecule has 0 fully saturated rings. The van der Waals surface area contributed by atoms with E-state index < -0.39 is 15.4 Å². The molecule has 0 amide bonds. The third-order valence-electron chi connectivity index (χ3n) is 0.577. The molecule has 0 rings (SSSR count). The van der Waals surface area contributed by atoms with E-state index in [0.29, 0.717) is 0 Å². The van der Waals surface area contributed by atoms with E-state index in [9.17, 15) is 13.0 Å². The average Bonchev–Trinajstić information content (AvgIpc) is 1.31. The van der Waals surface area contributed by atoms with Crippen LogP contribution in [-0.4, -0.2) is 41.3 Å². The first-order chi connectivity index (χ1) is 2.94. The Hall–Kier alpha value is 0.966. The van der Waals surface area contributed by atoms with Crippen LogP contribution in [0.5, 0.6) is 0 Å². The molecule has 0 unspecified atom stereocenters. The van der Waals surface area contributed by atoms with E-state index in [1.165, 1.54) is 13.8 Å². The molecular weight excluding hydrogens is 176 g/mol. The van der Waals surface area contributed by atoms with E-state index in [-0.39, 0.29) is 35.5 Å². The molecular formula is C3H7ClMgO3S. The fourth-order valence-corrected chi connectivity index (χ4v) is 0. The normalized spacial score (nSPS) is 9.78. The van der Waals surface area contributed by atoms with E-state index in [1.807, 2.05) is 0 Å². The summed E-state index contributed by atoms with van der Waals surface area (Å²) in [6.07, 6.45) is 0. The van der Waals surface area contributed by atoms with Gasteiger partial charge in [-0.25, -0.2) is 8.42 Å². The van der Waals surface area contributed by atoms with Gasteiger partial charge in [0.15, 0.2) is 0 Å². The summed E-state index contributed by atoms with van der Waals surface area (Å²) in [6, 6.07) is 0. The second-order valence-corrected chi connectivity index (χ2v) is 3.47. The number of halogens is 1. The predicted molar refractivity (Wildman–Crippen MR) is 30.6 cm³/mol. The van der Waals surface area contributed by atoms with Gasteiger partial charge in [-0.2, -0.15) is 0 Å². The molecule has 0 aromatic rings. The molecule has 52 valence electrons. The van der Waals surface area contributed by atoms with Crippen molar-refractivity contribution in [2.45, 2.75) is 19.1 Å². The van der Waals surface area contributed by atoms with Gasteiger partial charge in [0.2, 0.25) is 0 Å². The minimum absolute atomic E-state index is 0. The van der Waals surface area contributed by atoms with Crippen LogP contribution < -0.4 is 12.4 Å². The smallest absolute Gasteiger partial charge is 1.00 e. The molecule has 0 aromatic heterocycles. The molecule has 9 heavy (non-hydrogen) atoms. The van der Waals surface area contributed by atoms with Crippen LogP contribution in [0.1, 0.15) is 13.8 Å². The minimum atomic E-state index is -3.99. The Morgan fingerprint density at radius 1 is 1.33 bits per heavy atom. The van der Waals surface area contributed by atoms with Crippen LogP contribution in [0.4, 0.5) is 0 Å². The fraction of sp³-hybridized carbons (Fsp3) is 1.00. The summed E-state index contributed by atoms with van der Waals surface area (Å²) < 4.78 is 29.3.